The van der Waals surface area contributed by atoms with Crippen LogP contribution in [0.2, 0.25) is 0 Å². The molecule has 0 fully saturated rings. The predicted molar refractivity (Wildman–Crippen MR) is 61.5 cm³/mol. The highest BCUT2D eigenvalue weighted by atomic mass is 32.1. The van der Waals surface area contributed by atoms with Crippen molar-refractivity contribution in [1.82, 2.24) is 0 Å². The van der Waals surface area contributed by atoms with Crippen molar-refractivity contribution in [1.29, 1.82) is 0 Å². The highest BCUT2D eigenvalue weighted by Gasteiger charge is 2.07. The molecule has 0 aliphatic heterocycles. The number of carboxylic acids is 1. The first kappa shape index (κ1) is 9.93. The lowest BCUT2D eigenvalue weighted by molar-refractivity contribution is 0.0702. The van der Waals surface area contributed by atoms with Gasteiger partial charge in [-0.05, 0) is 29.5 Å². The van der Waals surface area contributed by atoms with Crippen LogP contribution in [0.15, 0.2) is 35.7 Å². The number of hydrogen-bond donors (Lipinski definition) is 1. The van der Waals surface area contributed by atoms with Gasteiger partial charge in [-0.15, -0.1) is 11.3 Å². The monoisotopic (exact) mass is 218 g/mol. The van der Waals surface area contributed by atoms with Crippen molar-refractivity contribution in [3.8, 4) is 11.1 Å². The van der Waals surface area contributed by atoms with Gasteiger partial charge in [0.15, 0.2) is 0 Å². The first-order valence-corrected chi connectivity index (χ1v) is 5.43. The van der Waals surface area contributed by atoms with Crippen LogP contribution >= 0.6 is 11.3 Å². The minimum atomic E-state index is -0.863. The maximum absolute atomic E-state index is 10.7. The first-order chi connectivity index (χ1) is 7.16. The second-order valence-electron chi connectivity index (χ2n) is 3.37. The summed E-state index contributed by atoms with van der Waals surface area (Å²) in [7, 11) is 0. The SMILES string of the molecule is Cc1ccc(-c2csc(C(=O)O)c2)cc1. The Labute approximate surface area is 91.8 Å². The van der Waals surface area contributed by atoms with Crippen LogP contribution in [0.25, 0.3) is 11.1 Å². The van der Waals surface area contributed by atoms with Crippen LogP contribution in [0.5, 0.6) is 0 Å². The maximum Gasteiger partial charge on any atom is 0.345 e. The molecule has 0 saturated carbocycles. The van der Waals surface area contributed by atoms with Gasteiger partial charge in [-0.25, -0.2) is 4.79 Å². The predicted octanol–water partition coefficient (Wildman–Crippen LogP) is 3.42. The lowest BCUT2D eigenvalue weighted by Gasteiger charge is -1.97. The highest BCUT2D eigenvalue weighted by Crippen LogP contribution is 2.25. The average Bonchev–Trinajstić information content (AvgIpc) is 2.68. The number of thiophene rings is 1. The zero-order valence-electron chi connectivity index (χ0n) is 8.23. The molecule has 0 aliphatic carbocycles. The van der Waals surface area contributed by atoms with E-state index in [9.17, 15) is 4.79 Å². The van der Waals surface area contributed by atoms with Gasteiger partial charge in [0.1, 0.15) is 4.88 Å². The van der Waals surface area contributed by atoms with E-state index in [1.165, 1.54) is 16.9 Å². The van der Waals surface area contributed by atoms with E-state index in [1.807, 2.05) is 36.6 Å². The molecule has 3 heteroatoms. The van der Waals surface area contributed by atoms with Crippen LogP contribution in [0.3, 0.4) is 0 Å². The van der Waals surface area contributed by atoms with Crippen LogP contribution < -0.4 is 0 Å². The Hall–Kier alpha value is -1.61. The molecule has 2 rings (SSSR count). The summed E-state index contributed by atoms with van der Waals surface area (Å²) < 4.78 is 0. The summed E-state index contributed by atoms with van der Waals surface area (Å²) in [5.74, 6) is -0.863. The van der Waals surface area contributed by atoms with Crippen molar-refractivity contribution in [3.05, 3.63) is 46.2 Å². The van der Waals surface area contributed by atoms with E-state index in [1.54, 1.807) is 6.07 Å². The van der Waals surface area contributed by atoms with E-state index >= 15 is 0 Å². The third-order valence-electron chi connectivity index (χ3n) is 2.20. The standard InChI is InChI=1S/C12H10O2S/c1-8-2-4-9(5-3-8)10-6-11(12(13)14)15-7-10/h2-7H,1H3,(H,13,14). The molecule has 1 N–H and O–H groups in total. The Morgan fingerprint density at radius 3 is 2.40 bits per heavy atom. The minimum absolute atomic E-state index is 0.380. The third-order valence-corrected chi connectivity index (χ3v) is 3.11. The Kier molecular flexibility index (Phi) is 2.56. The molecule has 0 amide bonds. The van der Waals surface area contributed by atoms with E-state index < -0.39 is 5.97 Å². The molecule has 0 saturated heterocycles. The van der Waals surface area contributed by atoms with Gasteiger partial charge in [-0.2, -0.15) is 0 Å². The summed E-state index contributed by atoms with van der Waals surface area (Å²) >= 11 is 1.26. The van der Waals surface area contributed by atoms with Crippen molar-refractivity contribution in [2.24, 2.45) is 0 Å². The number of carbonyl (C=O) groups is 1. The largest absolute Gasteiger partial charge is 0.477 e. The topological polar surface area (TPSA) is 37.3 Å². The van der Waals surface area contributed by atoms with Gasteiger partial charge in [-0.1, -0.05) is 29.8 Å². The Morgan fingerprint density at radius 2 is 1.87 bits per heavy atom. The second kappa shape index (κ2) is 3.87. The van der Waals surface area contributed by atoms with Gasteiger partial charge in [-0.3, -0.25) is 0 Å². The van der Waals surface area contributed by atoms with Crippen molar-refractivity contribution in [2.45, 2.75) is 6.92 Å². The highest BCUT2D eigenvalue weighted by molar-refractivity contribution is 7.12. The maximum atomic E-state index is 10.7. The van der Waals surface area contributed by atoms with Crippen molar-refractivity contribution < 1.29 is 9.90 Å². The lowest BCUT2D eigenvalue weighted by Crippen LogP contribution is -1.89. The smallest absolute Gasteiger partial charge is 0.345 e. The van der Waals surface area contributed by atoms with E-state index in [0.717, 1.165) is 11.1 Å². The van der Waals surface area contributed by atoms with Gasteiger partial charge in [0.25, 0.3) is 0 Å². The van der Waals surface area contributed by atoms with Gasteiger partial charge in [0.05, 0.1) is 0 Å². The van der Waals surface area contributed by atoms with E-state index in [0.29, 0.717) is 4.88 Å². The van der Waals surface area contributed by atoms with Crippen LogP contribution in [0, 0.1) is 6.92 Å². The molecule has 0 radical (unpaired) electrons. The Morgan fingerprint density at radius 1 is 1.20 bits per heavy atom. The molecule has 0 aliphatic rings. The van der Waals surface area contributed by atoms with Gasteiger partial charge < -0.3 is 5.11 Å². The van der Waals surface area contributed by atoms with Crippen LogP contribution in [-0.2, 0) is 0 Å². The molecule has 1 aromatic carbocycles. The third kappa shape index (κ3) is 2.07. The lowest BCUT2D eigenvalue weighted by atomic mass is 10.1. The zero-order valence-corrected chi connectivity index (χ0v) is 9.04. The summed E-state index contributed by atoms with van der Waals surface area (Å²) in [6, 6.07) is 9.75. The molecule has 0 spiro atoms. The molecular formula is C12H10O2S. The van der Waals surface area contributed by atoms with Crippen molar-refractivity contribution >= 4 is 17.3 Å². The van der Waals surface area contributed by atoms with Crippen LogP contribution in [0.4, 0.5) is 0 Å². The summed E-state index contributed by atoms with van der Waals surface area (Å²) in [4.78, 5) is 11.1. The van der Waals surface area contributed by atoms with Crippen molar-refractivity contribution in [2.75, 3.05) is 0 Å². The first-order valence-electron chi connectivity index (χ1n) is 4.55. The van der Waals surface area contributed by atoms with Gasteiger partial charge in [0, 0.05) is 0 Å². The molecule has 2 aromatic rings. The number of hydrogen-bond acceptors (Lipinski definition) is 2. The van der Waals surface area contributed by atoms with E-state index in [4.69, 9.17) is 5.11 Å². The van der Waals surface area contributed by atoms with Crippen LogP contribution in [-0.4, -0.2) is 11.1 Å². The fourth-order valence-electron chi connectivity index (χ4n) is 1.35. The quantitative estimate of drug-likeness (QED) is 0.838. The molecule has 1 aromatic heterocycles. The summed E-state index contributed by atoms with van der Waals surface area (Å²) in [5, 5.41) is 10.7. The number of benzene rings is 1. The van der Waals surface area contributed by atoms with Crippen molar-refractivity contribution in [3.63, 3.8) is 0 Å². The molecule has 2 nitrogen and oxygen atoms in total. The van der Waals surface area contributed by atoms with Gasteiger partial charge in [0.2, 0.25) is 0 Å². The molecule has 0 atom stereocenters. The number of aryl methyl sites for hydroxylation is 1. The minimum Gasteiger partial charge on any atom is -0.477 e. The van der Waals surface area contributed by atoms with E-state index in [-0.39, 0.29) is 0 Å². The molecule has 0 bridgehead atoms. The fraction of sp³-hybridized carbons (Fsp3) is 0.0833. The zero-order chi connectivity index (χ0) is 10.8. The second-order valence-corrected chi connectivity index (χ2v) is 4.28. The summed E-state index contributed by atoms with van der Waals surface area (Å²) in [6.07, 6.45) is 0. The number of carboxylic acid groups (broad SMARTS) is 1. The molecular weight excluding hydrogens is 208 g/mol. The molecule has 0 unspecified atom stereocenters. The summed E-state index contributed by atoms with van der Waals surface area (Å²) in [5.41, 5.74) is 3.23. The Balaban J connectivity index is 2.37. The number of rotatable bonds is 2. The van der Waals surface area contributed by atoms with Gasteiger partial charge >= 0.3 is 5.97 Å². The fourth-order valence-corrected chi connectivity index (χ4v) is 2.10. The average molecular weight is 218 g/mol. The number of aromatic carboxylic acids is 1. The molecule has 15 heavy (non-hydrogen) atoms. The van der Waals surface area contributed by atoms with Crippen LogP contribution in [0.1, 0.15) is 15.2 Å². The Bertz CT molecular complexity index is 483. The molecule has 76 valence electrons. The molecule has 1 heterocycles. The normalized spacial score (nSPS) is 10.2. The summed E-state index contributed by atoms with van der Waals surface area (Å²) in [6.45, 7) is 2.03. The van der Waals surface area contributed by atoms with E-state index in [2.05, 4.69) is 0 Å².